The lowest BCUT2D eigenvalue weighted by Crippen LogP contribution is -2.23. The number of carbonyl (C=O) groups is 1. The van der Waals surface area contributed by atoms with Gasteiger partial charge >= 0.3 is 0 Å². The molecule has 4 nitrogen and oxygen atoms in total. The minimum Gasteiger partial charge on any atom is -0.293 e. The molecule has 0 fully saturated rings. The molecule has 1 aromatic carbocycles. The van der Waals surface area contributed by atoms with Gasteiger partial charge in [-0.1, -0.05) is 35.5 Å². The Bertz CT molecular complexity index is 1160. The SMILES string of the molecule is C=CCn1c(SCC(=O)c2cc(C)ccc2C)nc2sc3c(c2c1=O)CCC3. The lowest BCUT2D eigenvalue weighted by atomic mass is 10.0. The first-order valence-electron chi connectivity index (χ1n) is 9.39. The third-order valence-corrected chi connectivity index (χ3v) is 7.29. The van der Waals surface area contributed by atoms with Crippen LogP contribution in [0, 0.1) is 13.8 Å². The summed E-state index contributed by atoms with van der Waals surface area (Å²) in [6.07, 6.45) is 4.81. The number of allylic oxidation sites excluding steroid dienone is 1. The average Bonchev–Trinajstić information content (AvgIpc) is 3.25. The van der Waals surface area contributed by atoms with Crippen molar-refractivity contribution >= 4 is 39.1 Å². The summed E-state index contributed by atoms with van der Waals surface area (Å²) in [4.78, 5) is 32.8. The van der Waals surface area contributed by atoms with Crippen LogP contribution in [0.4, 0.5) is 0 Å². The van der Waals surface area contributed by atoms with Crippen molar-refractivity contribution < 1.29 is 4.79 Å². The molecule has 0 N–H and O–H groups in total. The Labute approximate surface area is 172 Å². The molecule has 0 bridgehead atoms. The van der Waals surface area contributed by atoms with E-state index in [0.29, 0.717) is 11.7 Å². The van der Waals surface area contributed by atoms with Gasteiger partial charge in [0.15, 0.2) is 10.9 Å². The summed E-state index contributed by atoms with van der Waals surface area (Å²) < 4.78 is 1.65. The Morgan fingerprint density at radius 1 is 1.36 bits per heavy atom. The molecule has 1 aliphatic rings. The standard InChI is InChI=1S/C22H22N2O2S2/c1-4-10-24-21(26)19-15-6-5-7-18(15)28-20(19)23-22(24)27-12-17(25)16-11-13(2)8-9-14(16)3/h4,8-9,11H,1,5-7,10,12H2,2-3H3. The first-order chi connectivity index (χ1) is 13.5. The number of Topliss-reactive ketones (excluding diaryl/α,β-unsaturated/α-hetero) is 1. The Morgan fingerprint density at radius 3 is 2.96 bits per heavy atom. The van der Waals surface area contributed by atoms with Crippen LogP contribution in [0.3, 0.4) is 0 Å². The minimum atomic E-state index is -0.00835. The summed E-state index contributed by atoms with van der Waals surface area (Å²) >= 11 is 2.96. The summed E-state index contributed by atoms with van der Waals surface area (Å²) in [5.74, 6) is 0.309. The minimum absolute atomic E-state index is 0.00835. The Balaban J connectivity index is 1.69. The predicted octanol–water partition coefficient (Wildman–Crippen LogP) is 4.72. The lowest BCUT2D eigenvalue weighted by Gasteiger charge is -2.11. The summed E-state index contributed by atoms with van der Waals surface area (Å²) in [6.45, 7) is 8.11. The van der Waals surface area contributed by atoms with Gasteiger partial charge in [0.1, 0.15) is 4.83 Å². The first kappa shape index (κ1) is 19.2. The molecule has 1 aliphatic carbocycles. The van der Waals surface area contributed by atoms with E-state index in [1.165, 1.54) is 22.2 Å². The van der Waals surface area contributed by atoms with Crippen molar-refractivity contribution in [1.29, 1.82) is 0 Å². The normalized spacial score (nSPS) is 13.1. The lowest BCUT2D eigenvalue weighted by molar-refractivity contribution is 0.102. The van der Waals surface area contributed by atoms with Crippen molar-refractivity contribution in [2.24, 2.45) is 0 Å². The zero-order valence-electron chi connectivity index (χ0n) is 16.1. The third kappa shape index (κ3) is 3.35. The smallest absolute Gasteiger partial charge is 0.263 e. The maximum Gasteiger partial charge on any atom is 0.263 e. The van der Waals surface area contributed by atoms with Crippen molar-refractivity contribution in [2.75, 3.05) is 5.75 Å². The number of carbonyl (C=O) groups excluding carboxylic acids is 1. The van der Waals surface area contributed by atoms with Crippen LogP contribution >= 0.6 is 23.1 Å². The van der Waals surface area contributed by atoms with Crippen molar-refractivity contribution in [1.82, 2.24) is 9.55 Å². The molecular formula is C22H22N2O2S2. The van der Waals surface area contributed by atoms with Crippen LogP contribution in [-0.2, 0) is 19.4 Å². The summed E-state index contributed by atoms with van der Waals surface area (Å²) in [5, 5.41) is 1.36. The van der Waals surface area contributed by atoms with E-state index in [0.717, 1.165) is 46.2 Å². The van der Waals surface area contributed by atoms with E-state index in [1.54, 1.807) is 22.0 Å². The Morgan fingerprint density at radius 2 is 2.18 bits per heavy atom. The number of benzene rings is 1. The Hall–Kier alpha value is -2.18. The van der Waals surface area contributed by atoms with E-state index in [2.05, 4.69) is 6.58 Å². The van der Waals surface area contributed by atoms with Gasteiger partial charge in [-0.05, 0) is 50.3 Å². The molecule has 0 saturated carbocycles. The van der Waals surface area contributed by atoms with E-state index >= 15 is 0 Å². The number of hydrogen-bond acceptors (Lipinski definition) is 5. The van der Waals surface area contributed by atoms with Gasteiger partial charge in [-0.2, -0.15) is 0 Å². The van der Waals surface area contributed by atoms with Gasteiger partial charge in [-0.15, -0.1) is 17.9 Å². The molecule has 0 amide bonds. The fourth-order valence-electron chi connectivity index (χ4n) is 3.70. The quantitative estimate of drug-likeness (QED) is 0.255. The largest absolute Gasteiger partial charge is 0.293 e. The van der Waals surface area contributed by atoms with Gasteiger partial charge in [0.2, 0.25) is 0 Å². The highest BCUT2D eigenvalue weighted by atomic mass is 32.2. The van der Waals surface area contributed by atoms with Crippen LogP contribution in [0.2, 0.25) is 0 Å². The first-order valence-corrected chi connectivity index (χ1v) is 11.2. The molecule has 28 heavy (non-hydrogen) atoms. The maximum atomic E-state index is 13.2. The van der Waals surface area contributed by atoms with Gasteiger partial charge in [-0.25, -0.2) is 4.98 Å². The van der Waals surface area contributed by atoms with Crippen LogP contribution in [0.1, 0.15) is 38.3 Å². The number of fused-ring (bicyclic) bond motifs is 3. The molecular weight excluding hydrogens is 388 g/mol. The maximum absolute atomic E-state index is 13.2. The zero-order valence-corrected chi connectivity index (χ0v) is 17.7. The monoisotopic (exact) mass is 410 g/mol. The van der Waals surface area contributed by atoms with E-state index in [-0.39, 0.29) is 17.1 Å². The molecule has 144 valence electrons. The van der Waals surface area contributed by atoms with Crippen LogP contribution < -0.4 is 5.56 Å². The molecule has 0 saturated heterocycles. The van der Waals surface area contributed by atoms with Gasteiger partial charge in [0, 0.05) is 17.0 Å². The van der Waals surface area contributed by atoms with Crippen molar-refractivity contribution in [3.8, 4) is 0 Å². The summed E-state index contributed by atoms with van der Waals surface area (Å²) in [6, 6.07) is 5.90. The second-order valence-corrected chi connectivity index (χ2v) is 9.19. The molecule has 3 aromatic rings. The molecule has 0 atom stereocenters. The summed E-state index contributed by atoms with van der Waals surface area (Å²) in [7, 11) is 0. The number of ketones is 1. The molecule has 2 heterocycles. The zero-order chi connectivity index (χ0) is 19.8. The van der Waals surface area contributed by atoms with E-state index in [1.807, 2.05) is 32.0 Å². The fourth-order valence-corrected chi connectivity index (χ4v) is 5.90. The van der Waals surface area contributed by atoms with Crippen LogP contribution in [0.25, 0.3) is 10.2 Å². The second kappa shape index (κ2) is 7.68. The second-order valence-electron chi connectivity index (χ2n) is 7.17. The predicted molar refractivity (Wildman–Crippen MR) is 117 cm³/mol. The number of aryl methyl sites for hydroxylation is 4. The van der Waals surface area contributed by atoms with E-state index in [9.17, 15) is 9.59 Å². The molecule has 0 spiro atoms. The van der Waals surface area contributed by atoms with Gasteiger partial charge in [0.05, 0.1) is 11.1 Å². The number of rotatable bonds is 6. The molecule has 0 radical (unpaired) electrons. The Kier molecular flexibility index (Phi) is 5.25. The highest BCUT2D eigenvalue weighted by Crippen LogP contribution is 2.35. The topological polar surface area (TPSA) is 52.0 Å². The average molecular weight is 411 g/mol. The van der Waals surface area contributed by atoms with Crippen LogP contribution in [0.5, 0.6) is 0 Å². The molecule has 6 heteroatoms. The molecule has 0 aliphatic heterocycles. The number of aromatic nitrogens is 2. The van der Waals surface area contributed by atoms with Crippen LogP contribution in [0.15, 0.2) is 40.8 Å². The fraction of sp³-hybridized carbons (Fsp3) is 0.318. The molecule has 0 unspecified atom stereocenters. The van der Waals surface area contributed by atoms with E-state index < -0.39 is 0 Å². The number of hydrogen-bond donors (Lipinski definition) is 0. The number of nitrogens with zero attached hydrogens (tertiary/aromatic N) is 2. The summed E-state index contributed by atoms with van der Waals surface area (Å²) in [5.41, 5.74) is 3.94. The molecule has 2 aromatic heterocycles. The number of thiophene rings is 1. The van der Waals surface area contributed by atoms with Crippen LogP contribution in [-0.4, -0.2) is 21.1 Å². The van der Waals surface area contributed by atoms with E-state index in [4.69, 9.17) is 4.98 Å². The van der Waals surface area contributed by atoms with Gasteiger partial charge in [0.25, 0.3) is 5.56 Å². The molecule has 4 rings (SSSR count). The van der Waals surface area contributed by atoms with Gasteiger partial charge in [-0.3, -0.25) is 14.2 Å². The highest BCUT2D eigenvalue weighted by Gasteiger charge is 2.23. The van der Waals surface area contributed by atoms with Gasteiger partial charge < -0.3 is 0 Å². The van der Waals surface area contributed by atoms with Crippen molar-refractivity contribution in [2.45, 2.75) is 44.8 Å². The number of thioether (sulfide) groups is 1. The van der Waals surface area contributed by atoms with Crippen molar-refractivity contribution in [3.05, 3.63) is 68.3 Å². The van der Waals surface area contributed by atoms with Crippen molar-refractivity contribution in [3.63, 3.8) is 0 Å². The highest BCUT2D eigenvalue weighted by molar-refractivity contribution is 7.99. The third-order valence-electron chi connectivity index (χ3n) is 5.13.